The topological polar surface area (TPSA) is 127 Å². The van der Waals surface area contributed by atoms with Gasteiger partial charge < -0.3 is 20.7 Å². The lowest BCUT2D eigenvalue weighted by Gasteiger charge is -2.07. The van der Waals surface area contributed by atoms with Crippen molar-refractivity contribution in [1.29, 1.82) is 0 Å². The van der Waals surface area contributed by atoms with Gasteiger partial charge in [-0.15, -0.1) is 0 Å². The molecular weight excluding hydrogens is 324 g/mol. The van der Waals surface area contributed by atoms with Gasteiger partial charge in [-0.1, -0.05) is 12.1 Å². The SMILES string of the molecule is O=C(O)c1cccc(CNCCCCNCc2cc(=O)[nH]c(=O)[nH]2)c1. The van der Waals surface area contributed by atoms with Crippen LogP contribution in [0.4, 0.5) is 0 Å². The number of carboxylic acids is 1. The normalized spacial score (nSPS) is 10.7. The summed E-state index contributed by atoms with van der Waals surface area (Å²) in [4.78, 5) is 37.9. The van der Waals surface area contributed by atoms with Crippen molar-refractivity contribution in [3.05, 3.63) is 68.0 Å². The summed E-state index contributed by atoms with van der Waals surface area (Å²) in [6.45, 7) is 2.66. The highest BCUT2D eigenvalue weighted by atomic mass is 16.4. The molecule has 0 atom stereocenters. The minimum Gasteiger partial charge on any atom is -0.478 e. The van der Waals surface area contributed by atoms with Crippen molar-refractivity contribution in [2.45, 2.75) is 25.9 Å². The van der Waals surface area contributed by atoms with Crippen LogP contribution in [0.25, 0.3) is 0 Å². The van der Waals surface area contributed by atoms with Crippen molar-refractivity contribution in [1.82, 2.24) is 20.6 Å². The van der Waals surface area contributed by atoms with Crippen molar-refractivity contribution >= 4 is 5.97 Å². The Hall–Kier alpha value is -2.71. The maximum atomic E-state index is 11.1. The summed E-state index contributed by atoms with van der Waals surface area (Å²) in [5, 5.41) is 15.4. The van der Waals surface area contributed by atoms with Gasteiger partial charge in [0.1, 0.15) is 0 Å². The molecule has 1 aromatic carbocycles. The third kappa shape index (κ3) is 6.74. The number of aromatic nitrogens is 2. The van der Waals surface area contributed by atoms with Crippen molar-refractivity contribution in [2.75, 3.05) is 13.1 Å². The minimum atomic E-state index is -0.922. The Bertz CT molecular complexity index is 784. The summed E-state index contributed by atoms with van der Waals surface area (Å²) in [7, 11) is 0. The third-order valence-electron chi connectivity index (χ3n) is 3.59. The van der Waals surface area contributed by atoms with Gasteiger partial charge in [-0.2, -0.15) is 0 Å². The molecule has 0 aliphatic rings. The average Bonchev–Trinajstić information content (AvgIpc) is 2.56. The Labute approximate surface area is 144 Å². The van der Waals surface area contributed by atoms with Gasteiger partial charge in [0.25, 0.3) is 5.56 Å². The molecule has 134 valence electrons. The van der Waals surface area contributed by atoms with Crippen molar-refractivity contribution in [3.8, 4) is 0 Å². The number of hydrogen-bond donors (Lipinski definition) is 5. The Morgan fingerprint density at radius 2 is 1.72 bits per heavy atom. The van der Waals surface area contributed by atoms with Crippen LogP contribution >= 0.6 is 0 Å². The van der Waals surface area contributed by atoms with E-state index in [-0.39, 0.29) is 0 Å². The first-order valence-electron chi connectivity index (χ1n) is 8.11. The molecule has 0 saturated carbocycles. The first kappa shape index (κ1) is 18.6. The van der Waals surface area contributed by atoms with Gasteiger partial charge in [0, 0.05) is 24.8 Å². The van der Waals surface area contributed by atoms with E-state index in [1.54, 1.807) is 18.2 Å². The van der Waals surface area contributed by atoms with Crippen LogP contribution in [-0.4, -0.2) is 34.1 Å². The van der Waals surface area contributed by atoms with Gasteiger partial charge in [0.2, 0.25) is 0 Å². The molecule has 0 radical (unpaired) electrons. The summed E-state index contributed by atoms with van der Waals surface area (Å²) >= 11 is 0. The molecule has 0 aliphatic heterocycles. The fraction of sp³-hybridized carbons (Fsp3) is 0.353. The monoisotopic (exact) mass is 346 g/mol. The van der Waals surface area contributed by atoms with E-state index in [1.165, 1.54) is 6.07 Å². The minimum absolute atomic E-state index is 0.293. The van der Waals surface area contributed by atoms with Crippen LogP contribution in [-0.2, 0) is 13.1 Å². The van der Waals surface area contributed by atoms with Crippen LogP contribution in [0.5, 0.6) is 0 Å². The second-order valence-electron chi connectivity index (χ2n) is 5.68. The second-order valence-corrected chi connectivity index (χ2v) is 5.68. The highest BCUT2D eigenvalue weighted by Crippen LogP contribution is 2.05. The van der Waals surface area contributed by atoms with Crippen molar-refractivity contribution < 1.29 is 9.90 Å². The molecule has 0 aliphatic carbocycles. The van der Waals surface area contributed by atoms with Crippen molar-refractivity contribution in [2.24, 2.45) is 0 Å². The van der Waals surface area contributed by atoms with E-state index in [9.17, 15) is 14.4 Å². The number of rotatable bonds is 10. The summed E-state index contributed by atoms with van der Waals surface area (Å²) in [6, 6.07) is 8.23. The molecule has 8 nitrogen and oxygen atoms in total. The zero-order chi connectivity index (χ0) is 18.1. The molecule has 2 rings (SSSR count). The standard InChI is InChI=1S/C17H22N4O4/c22-15-9-14(20-17(25)21-15)11-19-7-2-1-6-18-10-12-4-3-5-13(8-12)16(23)24/h3-5,8-9,18-19H,1-2,6-7,10-11H2,(H,23,24)(H2,20,21,22,25). The smallest absolute Gasteiger partial charge is 0.335 e. The molecule has 0 saturated heterocycles. The van der Waals surface area contributed by atoms with Crippen LogP contribution in [0.15, 0.2) is 39.9 Å². The Morgan fingerprint density at radius 1 is 1.00 bits per heavy atom. The quantitative estimate of drug-likeness (QED) is 0.397. The van der Waals surface area contributed by atoms with E-state index in [4.69, 9.17) is 5.11 Å². The first-order valence-corrected chi connectivity index (χ1v) is 8.11. The lowest BCUT2D eigenvalue weighted by Crippen LogP contribution is -2.26. The van der Waals surface area contributed by atoms with E-state index >= 15 is 0 Å². The zero-order valence-corrected chi connectivity index (χ0v) is 13.8. The van der Waals surface area contributed by atoms with Crippen LogP contribution in [0.3, 0.4) is 0 Å². The molecule has 8 heteroatoms. The first-order chi connectivity index (χ1) is 12.0. The largest absolute Gasteiger partial charge is 0.478 e. The van der Waals surface area contributed by atoms with Gasteiger partial charge in [-0.25, -0.2) is 9.59 Å². The highest BCUT2D eigenvalue weighted by Gasteiger charge is 2.02. The number of aromatic amines is 2. The summed E-state index contributed by atoms with van der Waals surface area (Å²) < 4.78 is 0. The zero-order valence-electron chi connectivity index (χ0n) is 13.8. The predicted molar refractivity (Wildman–Crippen MR) is 93.7 cm³/mol. The lowest BCUT2D eigenvalue weighted by molar-refractivity contribution is 0.0696. The number of carbonyl (C=O) groups is 1. The molecule has 25 heavy (non-hydrogen) atoms. The number of nitrogens with one attached hydrogen (secondary N) is 4. The Kier molecular flexibility index (Phi) is 7.12. The molecule has 0 bridgehead atoms. The number of H-pyrrole nitrogens is 2. The molecule has 5 N–H and O–H groups in total. The number of benzene rings is 1. The molecule has 0 spiro atoms. The third-order valence-corrected chi connectivity index (χ3v) is 3.59. The van der Waals surface area contributed by atoms with E-state index in [0.29, 0.717) is 24.3 Å². The Balaban J connectivity index is 1.58. The fourth-order valence-electron chi connectivity index (χ4n) is 2.38. The maximum absolute atomic E-state index is 11.1. The summed E-state index contributed by atoms with van der Waals surface area (Å²) in [6.07, 6.45) is 1.90. The molecule has 1 aromatic heterocycles. The molecule has 1 heterocycles. The van der Waals surface area contributed by atoms with E-state index < -0.39 is 17.2 Å². The summed E-state index contributed by atoms with van der Waals surface area (Å²) in [5.74, 6) is -0.922. The van der Waals surface area contributed by atoms with Gasteiger partial charge in [-0.05, 0) is 43.6 Å². The van der Waals surface area contributed by atoms with Gasteiger partial charge in [0.05, 0.1) is 5.56 Å². The van der Waals surface area contributed by atoms with E-state index in [0.717, 1.165) is 31.5 Å². The van der Waals surface area contributed by atoms with Crippen molar-refractivity contribution in [3.63, 3.8) is 0 Å². The molecule has 2 aromatic rings. The van der Waals surface area contributed by atoms with Gasteiger partial charge in [0.15, 0.2) is 0 Å². The van der Waals surface area contributed by atoms with Gasteiger partial charge >= 0.3 is 11.7 Å². The Morgan fingerprint density at radius 3 is 2.40 bits per heavy atom. The average molecular weight is 346 g/mol. The van der Waals surface area contributed by atoms with E-state index in [1.807, 2.05) is 6.07 Å². The summed E-state index contributed by atoms with van der Waals surface area (Å²) in [5.41, 5.74) is 0.889. The molecular formula is C17H22N4O4. The maximum Gasteiger partial charge on any atom is 0.335 e. The number of aromatic carboxylic acids is 1. The van der Waals surface area contributed by atoms with Gasteiger partial charge in [-0.3, -0.25) is 9.78 Å². The fourth-order valence-corrected chi connectivity index (χ4v) is 2.38. The number of hydrogen-bond acceptors (Lipinski definition) is 5. The molecule has 0 amide bonds. The number of carboxylic acid groups (broad SMARTS) is 1. The highest BCUT2D eigenvalue weighted by molar-refractivity contribution is 5.87. The lowest BCUT2D eigenvalue weighted by atomic mass is 10.1. The predicted octanol–water partition coefficient (Wildman–Crippen LogP) is 0.421. The molecule has 0 fully saturated rings. The van der Waals surface area contributed by atoms with Crippen LogP contribution < -0.4 is 21.9 Å². The second kappa shape index (κ2) is 9.55. The molecule has 0 unspecified atom stereocenters. The van der Waals surface area contributed by atoms with Crippen LogP contribution in [0.1, 0.15) is 34.5 Å². The number of unbranched alkanes of at least 4 members (excludes halogenated alkanes) is 1. The van der Waals surface area contributed by atoms with Crippen LogP contribution in [0, 0.1) is 0 Å². The van der Waals surface area contributed by atoms with Crippen LogP contribution in [0.2, 0.25) is 0 Å². The van der Waals surface area contributed by atoms with E-state index in [2.05, 4.69) is 20.6 Å².